The summed E-state index contributed by atoms with van der Waals surface area (Å²) in [6.07, 6.45) is -5.63. The summed E-state index contributed by atoms with van der Waals surface area (Å²) in [5.74, 6) is -1.54. The highest BCUT2D eigenvalue weighted by molar-refractivity contribution is 6.12. The lowest BCUT2D eigenvalue weighted by molar-refractivity contribution is -0.143. The van der Waals surface area contributed by atoms with Crippen LogP contribution in [0.2, 0.25) is 0 Å². The molecule has 4 nitrogen and oxygen atoms in total. The number of amides is 2. The third-order valence-corrected chi connectivity index (χ3v) is 5.63. The Morgan fingerprint density at radius 1 is 0.788 bits per heavy atom. The molecular weight excluding hydrogens is 450 g/mol. The molecule has 0 radical (unpaired) electrons. The fraction of sp³-hybridized carbons (Fsp3) is 0.391. The lowest BCUT2D eigenvalue weighted by Gasteiger charge is -2.34. The number of rotatable bonds is 4. The molecule has 0 atom stereocenters. The number of anilines is 1. The molecular formula is C23H22F6N2O2. The van der Waals surface area contributed by atoms with Crippen molar-refractivity contribution in [3.63, 3.8) is 0 Å². The number of alkyl halides is 6. The molecule has 2 aromatic carbocycles. The van der Waals surface area contributed by atoms with Gasteiger partial charge in [0.25, 0.3) is 11.8 Å². The Bertz CT molecular complexity index is 1010. The molecule has 10 heteroatoms. The van der Waals surface area contributed by atoms with E-state index in [0.717, 1.165) is 32.1 Å². The lowest BCUT2D eigenvalue weighted by Crippen LogP contribution is -2.47. The van der Waals surface area contributed by atoms with Crippen molar-refractivity contribution in [2.75, 3.05) is 5.32 Å². The van der Waals surface area contributed by atoms with Crippen LogP contribution >= 0.6 is 0 Å². The molecule has 1 fully saturated rings. The van der Waals surface area contributed by atoms with Crippen LogP contribution in [-0.4, -0.2) is 17.4 Å². The zero-order valence-corrected chi connectivity index (χ0v) is 17.7. The Kier molecular flexibility index (Phi) is 6.76. The molecule has 0 aliphatic heterocycles. The van der Waals surface area contributed by atoms with E-state index in [-0.39, 0.29) is 17.2 Å². The third-order valence-electron chi connectivity index (χ3n) is 5.63. The largest absolute Gasteiger partial charge is 0.416 e. The van der Waals surface area contributed by atoms with Crippen molar-refractivity contribution in [3.05, 3.63) is 64.7 Å². The molecule has 1 aliphatic rings. The molecule has 1 saturated carbocycles. The highest BCUT2D eigenvalue weighted by atomic mass is 19.4. The Morgan fingerprint density at radius 2 is 1.27 bits per heavy atom. The minimum atomic E-state index is -5.05. The number of carbonyl (C=O) groups excluding carboxylic acids is 2. The summed E-state index contributed by atoms with van der Waals surface area (Å²) in [6, 6.07) is 6.43. The van der Waals surface area contributed by atoms with Crippen molar-refractivity contribution in [1.82, 2.24) is 5.32 Å². The van der Waals surface area contributed by atoms with E-state index in [0.29, 0.717) is 12.1 Å². The van der Waals surface area contributed by atoms with Gasteiger partial charge >= 0.3 is 12.4 Å². The predicted molar refractivity (Wildman–Crippen MR) is 110 cm³/mol. The monoisotopic (exact) mass is 472 g/mol. The van der Waals surface area contributed by atoms with Crippen LogP contribution in [0, 0.1) is 0 Å². The second-order valence-corrected chi connectivity index (χ2v) is 8.37. The first kappa shape index (κ1) is 24.6. The number of hydrogen-bond donors (Lipinski definition) is 2. The topological polar surface area (TPSA) is 58.2 Å². The van der Waals surface area contributed by atoms with Gasteiger partial charge in [0, 0.05) is 11.2 Å². The summed E-state index contributed by atoms with van der Waals surface area (Å²) in [5.41, 5.74) is -4.43. The summed E-state index contributed by atoms with van der Waals surface area (Å²) in [6.45, 7) is 1.90. The summed E-state index contributed by atoms with van der Waals surface area (Å²) < 4.78 is 78.6. The van der Waals surface area contributed by atoms with Crippen molar-refractivity contribution in [2.24, 2.45) is 0 Å². The van der Waals surface area contributed by atoms with Crippen LogP contribution in [0.1, 0.15) is 70.9 Å². The van der Waals surface area contributed by atoms with E-state index in [2.05, 4.69) is 10.6 Å². The van der Waals surface area contributed by atoms with Crippen LogP contribution in [0.5, 0.6) is 0 Å². The van der Waals surface area contributed by atoms with Gasteiger partial charge in [-0.25, -0.2) is 0 Å². The molecule has 0 bridgehead atoms. The van der Waals surface area contributed by atoms with Crippen LogP contribution in [0.15, 0.2) is 42.5 Å². The van der Waals surface area contributed by atoms with E-state index in [1.165, 1.54) is 24.3 Å². The minimum absolute atomic E-state index is 0.0233. The zero-order valence-electron chi connectivity index (χ0n) is 17.7. The van der Waals surface area contributed by atoms with Crippen LogP contribution in [0.3, 0.4) is 0 Å². The molecule has 33 heavy (non-hydrogen) atoms. The second-order valence-electron chi connectivity index (χ2n) is 8.37. The van der Waals surface area contributed by atoms with E-state index in [4.69, 9.17) is 0 Å². The van der Waals surface area contributed by atoms with Gasteiger partial charge in [0.2, 0.25) is 0 Å². The van der Waals surface area contributed by atoms with Crippen molar-refractivity contribution in [1.29, 1.82) is 0 Å². The molecule has 0 saturated heterocycles. The van der Waals surface area contributed by atoms with Gasteiger partial charge in [-0.2, -0.15) is 26.3 Å². The van der Waals surface area contributed by atoms with Crippen molar-refractivity contribution in [2.45, 2.75) is 56.9 Å². The first-order chi connectivity index (χ1) is 15.3. The molecule has 0 aromatic heterocycles. The van der Waals surface area contributed by atoms with Crippen molar-refractivity contribution in [3.8, 4) is 0 Å². The molecule has 3 rings (SSSR count). The zero-order chi connectivity index (χ0) is 24.4. The van der Waals surface area contributed by atoms with Crippen LogP contribution < -0.4 is 10.6 Å². The fourth-order valence-electron chi connectivity index (χ4n) is 3.90. The Hall–Kier alpha value is -3.04. The Labute approximate surface area is 186 Å². The standard InChI is InChI=1S/C23H22F6N2O2/c1-21(9-5-2-6-10-21)31-20(33)18-8-4-3-7-17(18)19(32)30-16-12-14(22(24,25)26)11-15(13-16)23(27,28)29/h3-4,7-8,11-13H,2,5-6,9-10H2,1H3,(H,30,32)(H,31,33). The van der Waals surface area contributed by atoms with Gasteiger partial charge in [-0.05, 0) is 50.1 Å². The molecule has 0 unspecified atom stereocenters. The third kappa shape index (κ3) is 6.06. The Balaban J connectivity index is 1.89. The maximum absolute atomic E-state index is 13.1. The molecule has 0 heterocycles. The van der Waals surface area contributed by atoms with E-state index < -0.39 is 46.5 Å². The number of halogens is 6. The van der Waals surface area contributed by atoms with Crippen molar-refractivity contribution >= 4 is 17.5 Å². The molecule has 0 spiro atoms. The molecule has 1 aliphatic carbocycles. The van der Waals surface area contributed by atoms with Gasteiger partial charge in [0.1, 0.15) is 0 Å². The van der Waals surface area contributed by atoms with Crippen LogP contribution in [0.4, 0.5) is 32.0 Å². The summed E-state index contributed by atoms with van der Waals surface area (Å²) >= 11 is 0. The minimum Gasteiger partial charge on any atom is -0.347 e. The van der Waals surface area contributed by atoms with Gasteiger partial charge in [-0.15, -0.1) is 0 Å². The van der Waals surface area contributed by atoms with Gasteiger partial charge in [-0.3, -0.25) is 9.59 Å². The summed E-state index contributed by atoms with van der Waals surface area (Å²) in [4.78, 5) is 25.7. The van der Waals surface area contributed by atoms with E-state index in [1.54, 1.807) is 0 Å². The van der Waals surface area contributed by atoms with E-state index in [9.17, 15) is 35.9 Å². The number of hydrogen-bond acceptors (Lipinski definition) is 2. The highest BCUT2D eigenvalue weighted by Gasteiger charge is 2.37. The van der Waals surface area contributed by atoms with Gasteiger partial charge < -0.3 is 10.6 Å². The van der Waals surface area contributed by atoms with Crippen molar-refractivity contribution < 1.29 is 35.9 Å². The van der Waals surface area contributed by atoms with Gasteiger partial charge in [0.05, 0.1) is 22.3 Å². The normalized spacial score (nSPS) is 16.2. The SMILES string of the molecule is CC1(NC(=O)c2ccccc2C(=O)Nc2cc(C(F)(F)F)cc(C(F)(F)F)c2)CCCCC1. The molecule has 178 valence electrons. The fourth-order valence-corrected chi connectivity index (χ4v) is 3.90. The maximum Gasteiger partial charge on any atom is 0.416 e. The summed E-state index contributed by atoms with van der Waals surface area (Å²) in [5, 5.41) is 4.98. The second kappa shape index (κ2) is 9.07. The lowest BCUT2D eigenvalue weighted by atomic mass is 9.83. The molecule has 2 aromatic rings. The van der Waals surface area contributed by atoms with Crippen LogP contribution in [0.25, 0.3) is 0 Å². The molecule has 2 amide bonds. The first-order valence-electron chi connectivity index (χ1n) is 10.3. The molecule has 2 N–H and O–H groups in total. The number of carbonyl (C=O) groups is 2. The van der Waals surface area contributed by atoms with Crippen LogP contribution in [-0.2, 0) is 12.4 Å². The predicted octanol–water partition coefficient (Wildman–Crippen LogP) is 6.43. The Morgan fingerprint density at radius 3 is 1.76 bits per heavy atom. The average molecular weight is 472 g/mol. The van der Waals surface area contributed by atoms with Gasteiger partial charge in [-0.1, -0.05) is 31.4 Å². The summed E-state index contributed by atoms with van der Waals surface area (Å²) in [7, 11) is 0. The smallest absolute Gasteiger partial charge is 0.347 e. The quantitative estimate of drug-likeness (QED) is 0.504. The van der Waals surface area contributed by atoms with E-state index >= 15 is 0 Å². The maximum atomic E-state index is 13.1. The number of nitrogens with one attached hydrogen (secondary N) is 2. The highest BCUT2D eigenvalue weighted by Crippen LogP contribution is 2.37. The number of benzene rings is 2. The van der Waals surface area contributed by atoms with Gasteiger partial charge in [0.15, 0.2) is 0 Å². The first-order valence-corrected chi connectivity index (χ1v) is 10.3. The average Bonchev–Trinajstić information content (AvgIpc) is 2.72. The van der Waals surface area contributed by atoms with E-state index in [1.807, 2.05) is 6.92 Å².